The van der Waals surface area contributed by atoms with Gasteiger partial charge in [0, 0.05) is 19.6 Å². The van der Waals surface area contributed by atoms with Crippen molar-refractivity contribution in [3.8, 4) is 0 Å². The highest BCUT2D eigenvalue weighted by molar-refractivity contribution is 7.18. The normalized spacial score (nSPS) is 17.8. The van der Waals surface area contributed by atoms with Gasteiger partial charge in [-0.3, -0.25) is 9.69 Å². The van der Waals surface area contributed by atoms with Gasteiger partial charge in [0.1, 0.15) is 5.01 Å². The number of hydrogen-bond donors (Lipinski definition) is 2. The quantitative estimate of drug-likeness (QED) is 0.821. The highest BCUT2D eigenvalue weighted by Gasteiger charge is 2.26. The lowest BCUT2D eigenvalue weighted by Gasteiger charge is -2.31. The Morgan fingerprint density at radius 1 is 1.38 bits per heavy atom. The molecule has 3 N–H and O–H groups in total. The first kappa shape index (κ1) is 21.1. The lowest BCUT2D eigenvalue weighted by molar-refractivity contribution is -0.126. The van der Waals surface area contributed by atoms with Crippen LogP contribution in [0, 0.1) is 5.92 Å². The summed E-state index contributed by atoms with van der Waals surface area (Å²) >= 11 is 1.74. The Morgan fingerprint density at radius 2 is 2.17 bits per heavy atom. The Labute approximate surface area is 158 Å². The van der Waals surface area contributed by atoms with Crippen molar-refractivity contribution in [2.75, 3.05) is 26.2 Å². The number of para-hydroxylation sites is 1. The summed E-state index contributed by atoms with van der Waals surface area (Å²) in [6, 6.07) is 8.22. The molecule has 0 radical (unpaired) electrons. The van der Waals surface area contributed by atoms with Crippen LogP contribution in [0.4, 0.5) is 0 Å². The first-order valence-corrected chi connectivity index (χ1v) is 8.62. The largest absolute Gasteiger partial charge is 0.355 e. The number of nitrogens with one attached hydrogen (secondary N) is 1. The van der Waals surface area contributed by atoms with Crippen LogP contribution in [0.25, 0.3) is 10.2 Å². The second kappa shape index (κ2) is 10.2. The minimum Gasteiger partial charge on any atom is -0.355 e. The maximum atomic E-state index is 12.1. The molecule has 2 heterocycles. The summed E-state index contributed by atoms with van der Waals surface area (Å²) in [7, 11) is 0. The maximum absolute atomic E-state index is 12.1. The van der Waals surface area contributed by atoms with Crippen molar-refractivity contribution in [3.63, 3.8) is 0 Å². The van der Waals surface area contributed by atoms with Gasteiger partial charge in [0.05, 0.1) is 22.7 Å². The average Bonchev–Trinajstić information content (AvgIpc) is 2.95. The van der Waals surface area contributed by atoms with Crippen LogP contribution in [0.1, 0.15) is 17.8 Å². The highest BCUT2D eigenvalue weighted by atomic mass is 35.5. The van der Waals surface area contributed by atoms with Gasteiger partial charge >= 0.3 is 0 Å². The monoisotopic (exact) mass is 390 g/mol. The van der Waals surface area contributed by atoms with Crippen molar-refractivity contribution in [2.24, 2.45) is 11.7 Å². The summed E-state index contributed by atoms with van der Waals surface area (Å²) in [5, 5.41) is 4.03. The summed E-state index contributed by atoms with van der Waals surface area (Å²) in [6.07, 6.45) is 2.03. The number of thiazole rings is 1. The molecule has 0 bridgehead atoms. The van der Waals surface area contributed by atoms with E-state index in [1.807, 2.05) is 12.1 Å². The Hall–Kier alpha value is -0.920. The molecule has 134 valence electrons. The fraction of sp³-hybridized carbons (Fsp3) is 0.500. The molecule has 1 fully saturated rings. The lowest BCUT2D eigenvalue weighted by atomic mass is 9.97. The smallest absolute Gasteiger partial charge is 0.224 e. The molecular formula is C16H24Cl2N4OS. The van der Waals surface area contributed by atoms with Gasteiger partial charge in [-0.1, -0.05) is 12.1 Å². The van der Waals surface area contributed by atoms with Crippen molar-refractivity contribution in [3.05, 3.63) is 29.3 Å². The topological polar surface area (TPSA) is 71.2 Å². The molecule has 1 aliphatic rings. The van der Waals surface area contributed by atoms with Crippen LogP contribution in [0.5, 0.6) is 0 Å². The van der Waals surface area contributed by atoms with Crippen LogP contribution >= 0.6 is 36.2 Å². The first-order valence-electron chi connectivity index (χ1n) is 7.81. The Bertz CT molecular complexity index is 619. The minimum atomic E-state index is 0. The van der Waals surface area contributed by atoms with E-state index in [0.717, 1.165) is 43.0 Å². The number of benzene rings is 1. The molecule has 0 aliphatic carbocycles. The summed E-state index contributed by atoms with van der Waals surface area (Å²) in [5.74, 6) is 0.217. The van der Waals surface area contributed by atoms with Gasteiger partial charge in [-0.05, 0) is 31.5 Å². The highest BCUT2D eigenvalue weighted by Crippen LogP contribution is 2.24. The van der Waals surface area contributed by atoms with Crippen LogP contribution < -0.4 is 11.1 Å². The standard InChI is InChI=1S/C16H22N4OS.2ClH/c17-7-8-18-16(21)12-4-3-9-20(10-12)11-15-19-13-5-1-2-6-14(13)22-15;;/h1-2,5-6,12H,3-4,7-11,17H2,(H,18,21);2*1H. The molecule has 24 heavy (non-hydrogen) atoms. The fourth-order valence-electron chi connectivity index (χ4n) is 2.93. The second-order valence-corrected chi connectivity index (χ2v) is 6.84. The van der Waals surface area contributed by atoms with Gasteiger partial charge in [-0.25, -0.2) is 4.98 Å². The molecule has 3 rings (SSSR count). The van der Waals surface area contributed by atoms with E-state index < -0.39 is 0 Å². The first-order chi connectivity index (χ1) is 10.8. The third kappa shape index (κ3) is 5.29. The molecule has 1 saturated heterocycles. The van der Waals surface area contributed by atoms with E-state index >= 15 is 0 Å². The number of rotatable bonds is 5. The summed E-state index contributed by atoms with van der Waals surface area (Å²) in [6.45, 7) is 3.74. The Morgan fingerprint density at radius 3 is 2.92 bits per heavy atom. The number of nitrogens with zero attached hydrogens (tertiary/aromatic N) is 2. The number of carbonyl (C=O) groups is 1. The zero-order valence-electron chi connectivity index (χ0n) is 13.4. The molecule has 1 aliphatic heterocycles. The van der Waals surface area contributed by atoms with Crippen LogP contribution in [0.2, 0.25) is 0 Å². The maximum Gasteiger partial charge on any atom is 0.224 e. The number of amides is 1. The van der Waals surface area contributed by atoms with E-state index in [0.29, 0.717) is 13.1 Å². The van der Waals surface area contributed by atoms with Gasteiger partial charge in [-0.15, -0.1) is 36.2 Å². The lowest BCUT2D eigenvalue weighted by Crippen LogP contribution is -2.43. The van der Waals surface area contributed by atoms with E-state index in [1.54, 1.807) is 11.3 Å². The number of fused-ring (bicyclic) bond motifs is 1. The molecule has 1 amide bonds. The van der Waals surface area contributed by atoms with Crippen molar-refractivity contribution < 1.29 is 4.79 Å². The zero-order chi connectivity index (χ0) is 15.4. The van der Waals surface area contributed by atoms with Gasteiger partial charge in [-0.2, -0.15) is 0 Å². The molecule has 0 spiro atoms. The average molecular weight is 391 g/mol. The third-order valence-corrected chi connectivity index (χ3v) is 5.04. The number of likely N-dealkylation sites (tertiary alicyclic amines) is 1. The van der Waals surface area contributed by atoms with Crippen molar-refractivity contribution in [1.82, 2.24) is 15.2 Å². The molecule has 2 aromatic rings. The molecule has 1 aromatic carbocycles. The SMILES string of the molecule is Cl.Cl.NCCNC(=O)C1CCCN(Cc2nc3ccccc3s2)C1. The second-order valence-electron chi connectivity index (χ2n) is 5.73. The Balaban J connectivity index is 0.00000144. The van der Waals surface area contributed by atoms with E-state index in [4.69, 9.17) is 5.73 Å². The molecule has 1 atom stereocenters. The van der Waals surface area contributed by atoms with Crippen molar-refractivity contribution >= 4 is 52.3 Å². The van der Waals surface area contributed by atoms with Crippen LogP contribution in [0.3, 0.4) is 0 Å². The summed E-state index contributed by atoms with van der Waals surface area (Å²) in [4.78, 5) is 19.1. The molecule has 5 nitrogen and oxygen atoms in total. The van der Waals surface area contributed by atoms with E-state index in [-0.39, 0.29) is 36.6 Å². The van der Waals surface area contributed by atoms with Crippen LogP contribution in [0.15, 0.2) is 24.3 Å². The predicted molar refractivity (Wildman–Crippen MR) is 104 cm³/mol. The van der Waals surface area contributed by atoms with Crippen LogP contribution in [-0.2, 0) is 11.3 Å². The van der Waals surface area contributed by atoms with E-state index in [2.05, 4.69) is 27.3 Å². The summed E-state index contributed by atoms with van der Waals surface area (Å²) < 4.78 is 1.23. The number of nitrogens with two attached hydrogens (primary N) is 1. The minimum absolute atomic E-state index is 0. The van der Waals surface area contributed by atoms with Gasteiger partial charge in [0.2, 0.25) is 5.91 Å². The number of carbonyl (C=O) groups excluding carboxylic acids is 1. The number of halogens is 2. The Kier molecular flexibility index (Phi) is 8.94. The molecule has 0 saturated carbocycles. The third-order valence-electron chi connectivity index (χ3n) is 4.02. The number of piperidine rings is 1. The molecular weight excluding hydrogens is 367 g/mol. The van der Waals surface area contributed by atoms with Gasteiger partial charge in [0.15, 0.2) is 0 Å². The van der Waals surface area contributed by atoms with E-state index in [1.165, 1.54) is 4.70 Å². The predicted octanol–water partition coefficient (Wildman–Crippen LogP) is 2.43. The molecule has 8 heteroatoms. The molecule has 1 unspecified atom stereocenters. The fourth-order valence-corrected chi connectivity index (χ4v) is 3.94. The number of hydrogen-bond acceptors (Lipinski definition) is 5. The van der Waals surface area contributed by atoms with Crippen LogP contribution in [-0.4, -0.2) is 42.0 Å². The van der Waals surface area contributed by atoms with Gasteiger partial charge in [0.25, 0.3) is 0 Å². The molecule has 1 aromatic heterocycles. The van der Waals surface area contributed by atoms with Gasteiger partial charge < -0.3 is 11.1 Å². The van der Waals surface area contributed by atoms with E-state index in [9.17, 15) is 4.79 Å². The zero-order valence-corrected chi connectivity index (χ0v) is 15.9. The van der Waals surface area contributed by atoms with Crippen molar-refractivity contribution in [1.29, 1.82) is 0 Å². The summed E-state index contributed by atoms with van der Waals surface area (Å²) in [5.41, 5.74) is 6.51. The number of aromatic nitrogens is 1. The van der Waals surface area contributed by atoms with Crippen molar-refractivity contribution in [2.45, 2.75) is 19.4 Å².